The van der Waals surface area contributed by atoms with E-state index in [1.807, 2.05) is 59.5 Å². The average molecular weight is 464 g/mol. The second kappa shape index (κ2) is 12.0. The lowest BCUT2D eigenvalue weighted by atomic mass is 9.94. The lowest BCUT2D eigenvalue weighted by Crippen LogP contribution is -2.58. The molecule has 6 nitrogen and oxygen atoms in total. The molecule has 0 radical (unpaired) electrons. The van der Waals surface area contributed by atoms with E-state index < -0.39 is 0 Å². The third-order valence-corrected chi connectivity index (χ3v) is 7.25. The molecule has 34 heavy (non-hydrogen) atoms. The number of rotatable bonds is 9. The largest absolute Gasteiger partial charge is 0.497 e. The number of methoxy groups -OCH3 is 1. The van der Waals surface area contributed by atoms with Crippen molar-refractivity contribution in [1.82, 2.24) is 15.1 Å². The molecule has 0 spiro atoms. The molecular formula is C28H37N3O3. The zero-order valence-corrected chi connectivity index (χ0v) is 20.2. The monoisotopic (exact) mass is 463 g/mol. The fourth-order valence-electron chi connectivity index (χ4n) is 5.31. The van der Waals surface area contributed by atoms with Crippen LogP contribution in [0, 0.1) is 5.92 Å². The summed E-state index contributed by atoms with van der Waals surface area (Å²) in [4.78, 5) is 30.4. The highest BCUT2D eigenvalue weighted by Gasteiger charge is 2.37. The Morgan fingerprint density at radius 3 is 2.26 bits per heavy atom. The Morgan fingerprint density at radius 2 is 1.62 bits per heavy atom. The van der Waals surface area contributed by atoms with Gasteiger partial charge < -0.3 is 15.0 Å². The maximum Gasteiger partial charge on any atom is 0.237 e. The van der Waals surface area contributed by atoms with Gasteiger partial charge in [0, 0.05) is 32.7 Å². The molecule has 1 atom stereocenters. The number of piperazine rings is 1. The van der Waals surface area contributed by atoms with Gasteiger partial charge in [0.15, 0.2) is 0 Å². The van der Waals surface area contributed by atoms with E-state index in [1.54, 1.807) is 7.11 Å². The van der Waals surface area contributed by atoms with Crippen LogP contribution in [0.15, 0.2) is 54.6 Å². The van der Waals surface area contributed by atoms with E-state index in [-0.39, 0.29) is 17.9 Å². The topological polar surface area (TPSA) is 61.9 Å². The van der Waals surface area contributed by atoms with Crippen LogP contribution in [0.2, 0.25) is 0 Å². The fourth-order valence-corrected chi connectivity index (χ4v) is 5.31. The molecule has 182 valence electrons. The lowest BCUT2D eigenvalue weighted by Gasteiger charge is -2.40. The first-order valence-electron chi connectivity index (χ1n) is 12.6. The highest BCUT2D eigenvalue weighted by atomic mass is 16.5. The van der Waals surface area contributed by atoms with Gasteiger partial charge in [-0.15, -0.1) is 0 Å². The third kappa shape index (κ3) is 6.38. The molecule has 6 heteroatoms. The first-order valence-corrected chi connectivity index (χ1v) is 12.6. The molecule has 2 aliphatic rings. The van der Waals surface area contributed by atoms with Crippen molar-refractivity contribution in [2.24, 2.45) is 5.92 Å². The molecule has 1 aliphatic carbocycles. The van der Waals surface area contributed by atoms with E-state index in [1.165, 1.54) is 18.4 Å². The molecule has 1 unspecified atom stereocenters. The van der Waals surface area contributed by atoms with Crippen molar-refractivity contribution in [3.8, 4) is 5.75 Å². The molecular weight excluding hydrogens is 426 g/mol. The van der Waals surface area contributed by atoms with Gasteiger partial charge in [0.1, 0.15) is 5.75 Å². The van der Waals surface area contributed by atoms with Crippen molar-refractivity contribution >= 4 is 11.8 Å². The maximum atomic E-state index is 13.3. The number of nitrogens with zero attached hydrogens (tertiary/aromatic N) is 2. The first-order chi connectivity index (χ1) is 16.6. The minimum atomic E-state index is -0.0928. The quantitative estimate of drug-likeness (QED) is 0.620. The summed E-state index contributed by atoms with van der Waals surface area (Å²) in [5.74, 6) is 1.57. The van der Waals surface area contributed by atoms with Crippen LogP contribution >= 0.6 is 0 Å². The number of nitrogens with one attached hydrogen (secondary N) is 1. The van der Waals surface area contributed by atoms with Crippen molar-refractivity contribution in [1.29, 1.82) is 0 Å². The van der Waals surface area contributed by atoms with Gasteiger partial charge in [-0.1, -0.05) is 55.3 Å². The standard InChI is InChI=1S/C28H37N3O3/c1-34-25-13-11-22(12-14-25)15-16-29-28(33)27(24-9-5-6-10-24)31-19-17-30(18-20-31)26(32)21-23-7-3-2-4-8-23/h2-4,7-8,11-14,24,27H,5-6,9-10,15-21H2,1H3,(H,29,33). The van der Waals surface area contributed by atoms with E-state index in [9.17, 15) is 9.59 Å². The normalized spacial score (nSPS) is 18.0. The lowest BCUT2D eigenvalue weighted by molar-refractivity contribution is -0.134. The van der Waals surface area contributed by atoms with Crippen LogP contribution in [-0.4, -0.2) is 67.5 Å². The van der Waals surface area contributed by atoms with E-state index in [4.69, 9.17) is 4.74 Å². The van der Waals surface area contributed by atoms with E-state index in [0.717, 1.165) is 43.7 Å². The molecule has 4 rings (SSSR count). The van der Waals surface area contributed by atoms with Gasteiger partial charge in [-0.05, 0) is 48.4 Å². The summed E-state index contributed by atoms with van der Waals surface area (Å²) in [6, 6.07) is 17.8. The number of hydrogen-bond donors (Lipinski definition) is 1. The molecule has 0 bridgehead atoms. The summed E-state index contributed by atoms with van der Waals surface area (Å²) >= 11 is 0. The molecule has 1 saturated carbocycles. The molecule has 1 heterocycles. The van der Waals surface area contributed by atoms with Gasteiger partial charge in [-0.2, -0.15) is 0 Å². The second-order valence-electron chi connectivity index (χ2n) is 9.46. The summed E-state index contributed by atoms with van der Waals surface area (Å²) < 4.78 is 5.22. The number of amides is 2. The minimum absolute atomic E-state index is 0.0928. The van der Waals surface area contributed by atoms with Gasteiger partial charge in [0.25, 0.3) is 0 Å². The zero-order valence-electron chi connectivity index (χ0n) is 20.2. The molecule has 1 saturated heterocycles. The summed E-state index contributed by atoms with van der Waals surface area (Å²) in [6.07, 6.45) is 5.88. The average Bonchev–Trinajstić information content (AvgIpc) is 3.40. The smallest absolute Gasteiger partial charge is 0.237 e. The van der Waals surface area contributed by atoms with Crippen LogP contribution in [0.1, 0.15) is 36.8 Å². The van der Waals surface area contributed by atoms with E-state index >= 15 is 0 Å². The first kappa shape index (κ1) is 24.3. The molecule has 1 N–H and O–H groups in total. The Bertz CT molecular complexity index is 918. The highest BCUT2D eigenvalue weighted by Crippen LogP contribution is 2.31. The Balaban J connectivity index is 1.30. The third-order valence-electron chi connectivity index (χ3n) is 7.25. The van der Waals surface area contributed by atoms with Crippen molar-refractivity contribution in [2.75, 3.05) is 39.8 Å². The Morgan fingerprint density at radius 1 is 0.941 bits per heavy atom. The van der Waals surface area contributed by atoms with Gasteiger partial charge in [-0.3, -0.25) is 14.5 Å². The summed E-state index contributed by atoms with van der Waals surface area (Å²) in [6.45, 7) is 3.52. The van der Waals surface area contributed by atoms with Crippen molar-refractivity contribution in [2.45, 2.75) is 44.6 Å². The van der Waals surface area contributed by atoms with Gasteiger partial charge in [0.05, 0.1) is 19.6 Å². The predicted molar refractivity (Wildman–Crippen MR) is 134 cm³/mol. The number of benzene rings is 2. The van der Waals surface area contributed by atoms with Gasteiger partial charge in [-0.25, -0.2) is 0 Å². The second-order valence-corrected chi connectivity index (χ2v) is 9.46. The molecule has 1 aliphatic heterocycles. The number of carbonyl (C=O) groups is 2. The van der Waals surface area contributed by atoms with Crippen LogP contribution in [0.4, 0.5) is 0 Å². The molecule has 2 aromatic rings. The highest BCUT2D eigenvalue weighted by molar-refractivity contribution is 5.82. The van der Waals surface area contributed by atoms with Crippen LogP contribution in [0.5, 0.6) is 5.75 Å². The summed E-state index contributed by atoms with van der Waals surface area (Å²) in [5.41, 5.74) is 2.24. The fraction of sp³-hybridized carbons (Fsp3) is 0.500. The van der Waals surface area contributed by atoms with E-state index in [0.29, 0.717) is 32.0 Å². The van der Waals surface area contributed by atoms with Crippen LogP contribution in [-0.2, 0) is 22.4 Å². The Kier molecular flexibility index (Phi) is 8.58. The van der Waals surface area contributed by atoms with Crippen LogP contribution < -0.4 is 10.1 Å². The number of ether oxygens (including phenoxy) is 1. The summed E-state index contributed by atoms with van der Waals surface area (Å²) in [5, 5.41) is 3.21. The SMILES string of the molecule is COc1ccc(CCNC(=O)C(C2CCCC2)N2CCN(C(=O)Cc3ccccc3)CC2)cc1. The van der Waals surface area contributed by atoms with Crippen LogP contribution in [0.25, 0.3) is 0 Å². The van der Waals surface area contributed by atoms with Crippen molar-refractivity contribution in [3.63, 3.8) is 0 Å². The molecule has 0 aromatic heterocycles. The van der Waals surface area contributed by atoms with Gasteiger partial charge >= 0.3 is 0 Å². The summed E-state index contributed by atoms with van der Waals surface area (Å²) in [7, 11) is 1.66. The Hall–Kier alpha value is -2.86. The minimum Gasteiger partial charge on any atom is -0.497 e. The predicted octanol–water partition coefficient (Wildman–Crippen LogP) is 3.30. The van der Waals surface area contributed by atoms with E-state index in [2.05, 4.69) is 10.2 Å². The number of carbonyl (C=O) groups excluding carboxylic acids is 2. The molecule has 2 fully saturated rings. The van der Waals surface area contributed by atoms with Gasteiger partial charge in [0.2, 0.25) is 11.8 Å². The zero-order chi connectivity index (χ0) is 23.8. The molecule has 2 aromatic carbocycles. The van der Waals surface area contributed by atoms with Crippen LogP contribution in [0.3, 0.4) is 0 Å². The number of hydrogen-bond acceptors (Lipinski definition) is 4. The van der Waals surface area contributed by atoms with Crippen molar-refractivity contribution < 1.29 is 14.3 Å². The van der Waals surface area contributed by atoms with Crippen molar-refractivity contribution in [3.05, 3.63) is 65.7 Å². The molecule has 2 amide bonds. The Labute approximate surface area is 203 Å². The maximum absolute atomic E-state index is 13.3.